The molecule has 1 rings (SSSR count). The van der Waals surface area contributed by atoms with E-state index in [-0.39, 0.29) is 74.4 Å². The zero-order valence-electron chi connectivity index (χ0n) is 18.2. The third-order valence-corrected chi connectivity index (χ3v) is 2.63. The molecule has 12 heteroatoms. The summed E-state index contributed by atoms with van der Waals surface area (Å²) < 4.78 is 0. The second-order valence-corrected chi connectivity index (χ2v) is 5.21. The predicted molar refractivity (Wildman–Crippen MR) is 87.8 cm³/mol. The second kappa shape index (κ2) is 21.1. The maximum absolute atomic E-state index is 10.5. The quantitative estimate of drug-likeness (QED) is 0.243. The van der Waals surface area contributed by atoms with E-state index < -0.39 is 29.4 Å². The molecule has 0 heterocycles. The van der Waals surface area contributed by atoms with E-state index >= 15 is 0 Å². The zero-order chi connectivity index (χ0) is 19.9. The van der Waals surface area contributed by atoms with Gasteiger partial charge in [0.05, 0.1) is 6.42 Å². The first kappa shape index (κ1) is 36.7. The third kappa shape index (κ3) is 35.0. The summed E-state index contributed by atoms with van der Waals surface area (Å²) in [6.07, 6.45) is 3.65. The Bertz CT molecular complexity index is 394. The van der Waals surface area contributed by atoms with Crippen LogP contribution in [0.5, 0.6) is 0 Å². The van der Waals surface area contributed by atoms with Crippen LogP contribution in [0.25, 0.3) is 0 Å². The van der Waals surface area contributed by atoms with Crippen LogP contribution in [0.1, 0.15) is 55.7 Å². The second-order valence-electron chi connectivity index (χ2n) is 5.21. The topological polar surface area (TPSA) is 201 Å². The number of aliphatic carboxylic acids is 4. The van der Waals surface area contributed by atoms with E-state index in [1.54, 1.807) is 0 Å². The molecule has 1 saturated carbocycles. The van der Waals surface area contributed by atoms with Crippen molar-refractivity contribution in [1.29, 1.82) is 0 Å². The molecule has 1 aliphatic carbocycles. The van der Waals surface area contributed by atoms with Crippen LogP contribution in [-0.4, -0.2) is 55.9 Å². The van der Waals surface area contributed by atoms with Crippen molar-refractivity contribution in [2.45, 2.75) is 64.5 Å². The summed E-state index contributed by atoms with van der Waals surface area (Å²) in [4.78, 5) is 37.5. The molecule has 0 amide bonds. The van der Waals surface area contributed by atoms with Gasteiger partial charge in [0.25, 0.3) is 17.9 Å². The van der Waals surface area contributed by atoms with Crippen molar-refractivity contribution < 1.29 is 102 Å². The van der Waals surface area contributed by atoms with E-state index in [0.29, 0.717) is 0 Å². The Morgan fingerprint density at radius 3 is 1.46 bits per heavy atom. The minimum Gasteiger partial charge on any atom is -1.00 e. The normalized spacial score (nSPS) is 19.7. The van der Waals surface area contributed by atoms with Crippen LogP contribution in [0.4, 0.5) is 0 Å². The number of carbonyl (C=O) groups is 4. The first-order valence-electron chi connectivity index (χ1n) is 7.09. The van der Waals surface area contributed by atoms with E-state index in [2.05, 4.69) is 0 Å². The summed E-state index contributed by atoms with van der Waals surface area (Å²) in [7, 11) is 0. The van der Waals surface area contributed by atoms with Gasteiger partial charge in [-0.15, -0.1) is 0 Å². The summed E-state index contributed by atoms with van der Waals surface area (Å²) in [5.74, 6) is -3.35. The Balaban J connectivity index is -0.0000000472. The number of nitrogens with two attached hydrogens (primary N) is 2. The molecule has 1 fully saturated rings. The van der Waals surface area contributed by atoms with Gasteiger partial charge in [-0.05, 0) is 12.8 Å². The van der Waals surface area contributed by atoms with Gasteiger partial charge in [0, 0.05) is 32.4 Å². The number of hydrogen-bond acceptors (Lipinski definition) is 6. The van der Waals surface area contributed by atoms with Crippen LogP contribution in [0.3, 0.4) is 0 Å². The average molecular weight is 400 g/mol. The number of carboxylic acid groups (broad SMARTS) is 4. The third-order valence-electron chi connectivity index (χ3n) is 2.63. The Morgan fingerprint density at radius 2 is 1.23 bits per heavy atom. The van der Waals surface area contributed by atoms with Crippen molar-refractivity contribution in [1.82, 2.24) is 0 Å². The fourth-order valence-corrected chi connectivity index (χ4v) is 1.79. The molecule has 0 spiro atoms. The van der Waals surface area contributed by atoms with Crippen molar-refractivity contribution >= 4 is 23.9 Å². The summed E-state index contributed by atoms with van der Waals surface area (Å²) in [5.41, 5.74) is 11.0. The Morgan fingerprint density at radius 1 is 0.923 bits per heavy atom. The van der Waals surface area contributed by atoms with Gasteiger partial charge in [-0.25, -0.2) is 0 Å². The smallest absolute Gasteiger partial charge is 1.00 e. The standard InChI is InChI=1S/C8H16N2O2.3C2H4O2.2Na.2H/c9-6-3-1-2-4-8(6,10)5-7(11)12;3*1-2(3)4;;;;/h6H,1-5,9-10H2,(H,11,12);3*1H3,(H,3,4);;;;/q;;;;2*+1;2*-1. The SMILES string of the molecule is CC(=O)O.CC(=O)O.CC(=O)O.NC1CCCCC1(N)CC(=O)O.[H-].[H-].[Na+].[Na+]. The van der Waals surface area contributed by atoms with Crippen LogP contribution in [-0.2, 0) is 19.2 Å². The molecule has 0 radical (unpaired) electrons. The molecule has 0 bridgehead atoms. The monoisotopic (exact) mass is 400 g/mol. The maximum Gasteiger partial charge on any atom is 1.00 e. The summed E-state index contributed by atoms with van der Waals surface area (Å²) in [6, 6.07) is -0.151. The zero-order valence-corrected chi connectivity index (χ0v) is 20.2. The molecule has 0 aromatic carbocycles. The number of rotatable bonds is 2. The van der Waals surface area contributed by atoms with Crippen LogP contribution in [0.2, 0.25) is 0 Å². The van der Waals surface area contributed by atoms with Crippen molar-refractivity contribution in [3.05, 3.63) is 0 Å². The van der Waals surface area contributed by atoms with Gasteiger partial charge in [-0.3, -0.25) is 19.2 Å². The van der Waals surface area contributed by atoms with E-state index in [9.17, 15) is 4.79 Å². The molecule has 2 atom stereocenters. The van der Waals surface area contributed by atoms with Gasteiger partial charge in [-0.1, -0.05) is 12.8 Å². The van der Waals surface area contributed by atoms with E-state index in [1.165, 1.54) is 0 Å². The first-order chi connectivity index (χ1) is 10.7. The molecule has 0 aromatic rings. The molecule has 1 aliphatic rings. The van der Waals surface area contributed by atoms with E-state index in [1.807, 2.05) is 0 Å². The van der Waals surface area contributed by atoms with Crippen LogP contribution in [0, 0.1) is 0 Å². The van der Waals surface area contributed by atoms with Crippen molar-refractivity contribution in [3.8, 4) is 0 Å². The summed E-state index contributed by atoms with van der Waals surface area (Å²) >= 11 is 0. The number of carboxylic acids is 4. The van der Waals surface area contributed by atoms with Crippen molar-refractivity contribution in [3.63, 3.8) is 0 Å². The molecular formula is C14H30N2Na2O8. The fraction of sp³-hybridized carbons (Fsp3) is 0.714. The molecular weight excluding hydrogens is 370 g/mol. The van der Waals surface area contributed by atoms with E-state index in [4.69, 9.17) is 46.3 Å². The maximum atomic E-state index is 10.5. The molecule has 2 unspecified atom stereocenters. The van der Waals surface area contributed by atoms with Crippen molar-refractivity contribution in [2.24, 2.45) is 11.5 Å². The Labute approximate surface area is 200 Å². The van der Waals surface area contributed by atoms with Crippen LogP contribution >= 0.6 is 0 Å². The largest absolute Gasteiger partial charge is 1.00 e. The Kier molecular flexibility index (Phi) is 29.8. The minimum absolute atomic E-state index is 0. The predicted octanol–water partition coefficient (Wildman–Crippen LogP) is -5.43. The van der Waals surface area contributed by atoms with Gasteiger partial charge in [-0.2, -0.15) is 0 Å². The van der Waals surface area contributed by atoms with Gasteiger partial charge < -0.3 is 34.7 Å². The van der Waals surface area contributed by atoms with Gasteiger partial charge in [0.15, 0.2) is 0 Å². The van der Waals surface area contributed by atoms with E-state index in [0.717, 1.165) is 46.5 Å². The van der Waals surface area contributed by atoms with Crippen LogP contribution < -0.4 is 70.6 Å². The molecule has 8 N–H and O–H groups in total. The fourth-order valence-electron chi connectivity index (χ4n) is 1.79. The molecule has 146 valence electrons. The van der Waals surface area contributed by atoms with Gasteiger partial charge in [0.1, 0.15) is 0 Å². The molecule has 10 nitrogen and oxygen atoms in total. The average Bonchev–Trinajstić information content (AvgIpc) is 2.30. The molecule has 0 aliphatic heterocycles. The number of hydrogen-bond donors (Lipinski definition) is 6. The van der Waals surface area contributed by atoms with Crippen LogP contribution in [0.15, 0.2) is 0 Å². The first-order valence-corrected chi connectivity index (χ1v) is 7.09. The van der Waals surface area contributed by atoms with Gasteiger partial charge >= 0.3 is 65.1 Å². The molecule has 26 heavy (non-hydrogen) atoms. The Hall–Kier alpha value is -0.200. The summed E-state index contributed by atoms with van der Waals surface area (Å²) in [6.45, 7) is 3.25. The minimum atomic E-state index is -0.852. The van der Waals surface area contributed by atoms with Gasteiger partial charge in [0.2, 0.25) is 0 Å². The summed E-state index contributed by atoms with van der Waals surface area (Å²) in [5, 5.41) is 30.9. The molecule has 0 aromatic heterocycles. The molecule has 0 saturated heterocycles. The van der Waals surface area contributed by atoms with Crippen molar-refractivity contribution in [2.75, 3.05) is 0 Å².